The fourth-order valence-corrected chi connectivity index (χ4v) is 9.01. The number of rotatable bonds is 44. The smallest absolute Gasteiger partial charge is 0.305 e. The first-order chi connectivity index (χ1) is 27.8. The average Bonchev–Trinajstić information content (AvgIpc) is 3.18. The molecule has 0 aromatic carbocycles. The van der Waals surface area contributed by atoms with Crippen molar-refractivity contribution in [1.29, 1.82) is 5.26 Å². The molecule has 1 atom stereocenters. The van der Waals surface area contributed by atoms with Crippen LogP contribution in [-0.4, -0.2) is 54.6 Å². The van der Waals surface area contributed by atoms with Crippen LogP contribution < -0.4 is 0 Å². The van der Waals surface area contributed by atoms with E-state index in [2.05, 4.69) is 52.3 Å². The Bertz CT molecular complexity index is 871. The Kier molecular flexibility index (Phi) is 41.9. The summed E-state index contributed by atoms with van der Waals surface area (Å²) in [4.78, 5) is 25.6. The summed E-state index contributed by atoms with van der Waals surface area (Å²) in [6, 6.07) is 2.38. The topological polar surface area (TPSA) is 98.1 Å². The van der Waals surface area contributed by atoms with Gasteiger partial charge >= 0.3 is 11.9 Å². The molecule has 0 fully saturated rings. The zero-order chi connectivity index (χ0) is 42.0. The van der Waals surface area contributed by atoms with Crippen LogP contribution in [0, 0.1) is 11.3 Å². The van der Waals surface area contributed by atoms with Crippen molar-refractivity contribution in [2.24, 2.45) is 0 Å². The largest absolute Gasteiger partial charge is 0.463 e. The predicted octanol–water partition coefficient (Wildman–Crippen LogP) is 15.3. The van der Waals surface area contributed by atoms with Gasteiger partial charge in [-0.2, -0.15) is 5.26 Å². The van der Waals surface area contributed by atoms with Crippen molar-refractivity contribution in [3.05, 3.63) is 0 Å². The summed E-state index contributed by atoms with van der Waals surface area (Å²) < 4.78 is 26.1. The third kappa shape index (κ3) is 37.5. The molecular formula is C48H93N2O6P. The summed E-state index contributed by atoms with van der Waals surface area (Å²) in [7, 11) is -1.57. The summed E-state index contributed by atoms with van der Waals surface area (Å²) in [5.41, 5.74) is 0. The molecule has 0 spiro atoms. The number of nitrogens with zero attached hydrogens (tertiary/aromatic N) is 2. The van der Waals surface area contributed by atoms with Crippen molar-refractivity contribution in [2.75, 3.05) is 19.8 Å². The lowest BCUT2D eigenvalue weighted by Gasteiger charge is -2.37. The highest BCUT2D eigenvalue weighted by molar-refractivity contribution is 7.44. The van der Waals surface area contributed by atoms with E-state index in [1.54, 1.807) is 0 Å². The molecule has 1 unspecified atom stereocenters. The molecule has 0 aliphatic rings. The minimum atomic E-state index is -1.57. The molecule has 0 aromatic rings. The van der Waals surface area contributed by atoms with Crippen molar-refractivity contribution in [1.82, 2.24) is 4.67 Å². The van der Waals surface area contributed by atoms with E-state index in [1.807, 2.05) is 0 Å². The number of nitriles is 1. The highest BCUT2D eigenvalue weighted by Crippen LogP contribution is 2.47. The standard InChI is InChI=1S/C48H93N2O6P/c1-7-9-11-13-15-17-19-21-23-25-27-29-31-33-35-38-47(51)53-42-46(56-57(55-41-37-40-49)50(44(3)4)45(5)6)43-54-48(52)39-36-34-32-30-28-26-24-22-20-18-16-14-12-10-8-2/h44-46H,7-39,41-43H2,1-6H3. The van der Waals surface area contributed by atoms with Crippen LogP contribution in [0.25, 0.3) is 0 Å². The number of hydrogen-bond donors (Lipinski definition) is 0. The Hall–Kier alpha value is -1.26. The van der Waals surface area contributed by atoms with Crippen molar-refractivity contribution in [3.63, 3.8) is 0 Å². The minimum absolute atomic E-state index is 0.00567. The molecule has 0 bridgehead atoms. The zero-order valence-corrected chi connectivity index (χ0v) is 39.4. The predicted molar refractivity (Wildman–Crippen MR) is 241 cm³/mol. The molecule has 0 N–H and O–H groups in total. The zero-order valence-electron chi connectivity index (χ0n) is 38.5. The number of unbranched alkanes of at least 4 members (excludes halogenated alkanes) is 28. The van der Waals surface area contributed by atoms with Crippen LogP contribution in [0.15, 0.2) is 0 Å². The van der Waals surface area contributed by atoms with Crippen LogP contribution in [-0.2, 0) is 28.1 Å². The number of ether oxygens (including phenoxy) is 2. The molecule has 336 valence electrons. The van der Waals surface area contributed by atoms with Gasteiger partial charge in [-0.25, -0.2) is 4.67 Å². The van der Waals surface area contributed by atoms with Crippen molar-refractivity contribution in [3.8, 4) is 6.07 Å². The molecule has 0 saturated heterocycles. The van der Waals surface area contributed by atoms with Gasteiger partial charge in [-0.3, -0.25) is 9.59 Å². The monoisotopic (exact) mass is 825 g/mol. The number of carbonyl (C=O) groups excluding carboxylic acids is 2. The van der Waals surface area contributed by atoms with Gasteiger partial charge in [0.25, 0.3) is 8.53 Å². The maximum atomic E-state index is 12.8. The van der Waals surface area contributed by atoms with Gasteiger partial charge < -0.3 is 18.5 Å². The summed E-state index contributed by atoms with van der Waals surface area (Å²) >= 11 is 0. The van der Waals surface area contributed by atoms with E-state index in [-0.39, 0.29) is 50.3 Å². The molecule has 0 heterocycles. The van der Waals surface area contributed by atoms with Gasteiger partial charge in [-0.05, 0) is 40.5 Å². The molecule has 0 saturated carbocycles. The summed E-state index contributed by atoms with van der Waals surface area (Å²) in [6.07, 6.45) is 38.7. The third-order valence-corrected chi connectivity index (χ3v) is 12.9. The summed E-state index contributed by atoms with van der Waals surface area (Å²) in [5.74, 6) is -0.497. The minimum Gasteiger partial charge on any atom is -0.463 e. The first-order valence-corrected chi connectivity index (χ1v) is 25.5. The van der Waals surface area contributed by atoms with Crippen molar-refractivity contribution >= 4 is 20.5 Å². The number of carbonyl (C=O) groups is 2. The molecule has 0 radical (unpaired) electrons. The maximum Gasteiger partial charge on any atom is 0.305 e. The summed E-state index contributed by atoms with van der Waals surface area (Å²) in [5, 5.41) is 9.13. The second kappa shape index (κ2) is 42.8. The van der Waals surface area contributed by atoms with Crippen LogP contribution in [0.3, 0.4) is 0 Å². The molecule has 0 aliphatic carbocycles. The van der Waals surface area contributed by atoms with Crippen molar-refractivity contribution in [2.45, 2.75) is 272 Å². The van der Waals surface area contributed by atoms with Gasteiger partial charge in [0.1, 0.15) is 19.3 Å². The van der Waals surface area contributed by atoms with Gasteiger partial charge in [0.05, 0.1) is 19.1 Å². The van der Waals surface area contributed by atoms with E-state index in [4.69, 9.17) is 23.8 Å². The van der Waals surface area contributed by atoms with E-state index in [0.29, 0.717) is 12.8 Å². The van der Waals surface area contributed by atoms with Gasteiger partial charge in [0.15, 0.2) is 0 Å². The molecule has 57 heavy (non-hydrogen) atoms. The molecule has 8 nitrogen and oxygen atoms in total. The second-order valence-electron chi connectivity index (χ2n) is 17.0. The fourth-order valence-electron chi connectivity index (χ4n) is 7.33. The van der Waals surface area contributed by atoms with E-state index >= 15 is 0 Å². The van der Waals surface area contributed by atoms with Gasteiger partial charge in [-0.1, -0.05) is 194 Å². The number of hydrogen-bond acceptors (Lipinski definition) is 8. The molecule has 9 heteroatoms. The van der Waals surface area contributed by atoms with Crippen LogP contribution in [0.5, 0.6) is 0 Å². The second-order valence-corrected chi connectivity index (χ2v) is 18.4. The number of esters is 2. The first kappa shape index (κ1) is 55.7. The third-order valence-electron chi connectivity index (χ3n) is 10.7. The highest BCUT2D eigenvalue weighted by atomic mass is 31.2. The van der Waals surface area contributed by atoms with Gasteiger partial charge in [0, 0.05) is 24.9 Å². The Labute approximate surface area is 355 Å². The van der Waals surface area contributed by atoms with E-state index in [1.165, 1.54) is 154 Å². The van der Waals surface area contributed by atoms with E-state index < -0.39 is 14.6 Å². The Morgan fingerprint density at radius 3 is 1.09 bits per heavy atom. The van der Waals surface area contributed by atoms with E-state index in [9.17, 15) is 9.59 Å². The van der Waals surface area contributed by atoms with Gasteiger partial charge in [0.2, 0.25) is 0 Å². The lowest BCUT2D eigenvalue weighted by molar-refractivity contribution is -0.151. The Balaban J connectivity index is 4.58. The fraction of sp³-hybridized carbons (Fsp3) is 0.938. The average molecular weight is 825 g/mol. The quantitative estimate of drug-likeness (QED) is 0.0340. The highest BCUT2D eigenvalue weighted by Gasteiger charge is 2.31. The molecule has 0 rings (SSSR count). The molecule has 0 amide bonds. The Morgan fingerprint density at radius 1 is 0.509 bits per heavy atom. The van der Waals surface area contributed by atoms with Crippen LogP contribution in [0.1, 0.15) is 253 Å². The SMILES string of the molecule is CCCCCCCCCCCCCCCCCC(=O)OCC(COC(=O)CCCCCCCCCCCCCCCCC)OP(OCCC#N)N(C(C)C)C(C)C. The van der Waals surface area contributed by atoms with E-state index in [0.717, 1.165) is 38.5 Å². The maximum absolute atomic E-state index is 12.8. The molecular weight excluding hydrogens is 732 g/mol. The van der Waals surface area contributed by atoms with Crippen LogP contribution in [0.2, 0.25) is 0 Å². The lowest BCUT2D eigenvalue weighted by Crippen LogP contribution is -2.36. The van der Waals surface area contributed by atoms with Gasteiger partial charge in [-0.15, -0.1) is 0 Å². The molecule has 0 aliphatic heterocycles. The van der Waals surface area contributed by atoms with Crippen molar-refractivity contribution < 1.29 is 28.1 Å². The molecule has 0 aromatic heterocycles. The normalized spacial score (nSPS) is 12.2. The van der Waals surface area contributed by atoms with Crippen LogP contribution in [0.4, 0.5) is 0 Å². The Morgan fingerprint density at radius 2 is 0.807 bits per heavy atom. The van der Waals surface area contributed by atoms with Crippen LogP contribution >= 0.6 is 8.53 Å². The summed E-state index contributed by atoms with van der Waals surface area (Å²) in [6.45, 7) is 13.1. The first-order valence-electron chi connectivity index (χ1n) is 24.3. The lowest BCUT2D eigenvalue weighted by atomic mass is 10.0.